The van der Waals surface area contributed by atoms with Crippen LogP contribution in [0.5, 0.6) is 0 Å². The highest BCUT2D eigenvalue weighted by molar-refractivity contribution is 7.18. The molecule has 0 aromatic carbocycles. The maximum atomic E-state index is 12.2. The van der Waals surface area contributed by atoms with Gasteiger partial charge in [-0.15, -0.1) is 0 Å². The van der Waals surface area contributed by atoms with E-state index in [9.17, 15) is 9.90 Å². The maximum absolute atomic E-state index is 12.2. The first kappa shape index (κ1) is 16.0. The van der Waals surface area contributed by atoms with Crippen LogP contribution in [0.2, 0.25) is 0 Å². The Morgan fingerprint density at radius 2 is 2.10 bits per heavy atom. The summed E-state index contributed by atoms with van der Waals surface area (Å²) < 4.78 is 0. The number of aromatic nitrogens is 1. The van der Waals surface area contributed by atoms with Gasteiger partial charge >= 0.3 is 0 Å². The first-order valence-corrected chi connectivity index (χ1v) is 8.17. The smallest absolute Gasteiger partial charge is 0.265 e. The number of anilines is 2. The summed E-state index contributed by atoms with van der Waals surface area (Å²) >= 11 is 1.30. The lowest BCUT2D eigenvalue weighted by Gasteiger charge is -2.30. The van der Waals surface area contributed by atoms with Crippen LogP contribution in [0.3, 0.4) is 0 Å². The van der Waals surface area contributed by atoms with Crippen molar-refractivity contribution in [3.63, 3.8) is 0 Å². The molecule has 0 saturated heterocycles. The zero-order valence-electron chi connectivity index (χ0n) is 12.6. The van der Waals surface area contributed by atoms with Crippen molar-refractivity contribution in [2.75, 3.05) is 37.9 Å². The van der Waals surface area contributed by atoms with Crippen LogP contribution in [0.25, 0.3) is 0 Å². The molecule has 0 spiro atoms. The third-order valence-corrected chi connectivity index (χ3v) is 5.29. The molecule has 1 heterocycles. The summed E-state index contributed by atoms with van der Waals surface area (Å²) in [4.78, 5) is 18.7. The minimum atomic E-state index is -0.166. The van der Waals surface area contributed by atoms with Crippen LogP contribution in [0.1, 0.15) is 35.4 Å². The van der Waals surface area contributed by atoms with Crippen LogP contribution in [0, 0.1) is 11.8 Å². The van der Waals surface area contributed by atoms with Crippen LogP contribution in [-0.4, -0.2) is 43.2 Å². The molecule has 2 rings (SSSR count). The number of nitrogens with zero attached hydrogens (tertiary/aromatic N) is 2. The number of hydrogen-bond acceptors (Lipinski definition) is 6. The zero-order valence-corrected chi connectivity index (χ0v) is 13.4. The van der Waals surface area contributed by atoms with Gasteiger partial charge in [0.05, 0.1) is 0 Å². The normalized spacial score (nSPS) is 22.0. The van der Waals surface area contributed by atoms with Crippen LogP contribution < -0.4 is 16.0 Å². The molecule has 2 unspecified atom stereocenters. The van der Waals surface area contributed by atoms with Crippen LogP contribution in [0.4, 0.5) is 10.9 Å². The summed E-state index contributed by atoms with van der Waals surface area (Å²) in [6, 6.07) is 0. The summed E-state index contributed by atoms with van der Waals surface area (Å²) in [5.74, 6) is 0.772. The SMILES string of the molecule is CN(C)c1nc(N)c(C(=O)NCC2CCCCC2CO)s1. The van der Waals surface area contributed by atoms with Crippen molar-refractivity contribution < 1.29 is 9.90 Å². The molecule has 1 aromatic heterocycles. The van der Waals surface area contributed by atoms with Gasteiger partial charge in [0.2, 0.25) is 0 Å². The van der Waals surface area contributed by atoms with E-state index in [1.807, 2.05) is 19.0 Å². The molecule has 1 saturated carbocycles. The summed E-state index contributed by atoms with van der Waals surface area (Å²) in [6.45, 7) is 0.798. The molecule has 0 bridgehead atoms. The van der Waals surface area contributed by atoms with Gasteiger partial charge in [0, 0.05) is 27.2 Å². The second-order valence-electron chi connectivity index (χ2n) is 5.80. The average molecular weight is 312 g/mol. The Bertz CT molecular complexity index is 489. The molecular formula is C14H24N4O2S. The van der Waals surface area contributed by atoms with Crippen molar-refractivity contribution in [1.29, 1.82) is 0 Å². The van der Waals surface area contributed by atoms with E-state index in [0.29, 0.717) is 23.3 Å². The number of rotatable bonds is 5. The third kappa shape index (κ3) is 3.85. The monoisotopic (exact) mass is 312 g/mol. The zero-order chi connectivity index (χ0) is 15.4. The van der Waals surface area contributed by atoms with Crippen molar-refractivity contribution in [3.05, 3.63) is 4.88 Å². The van der Waals surface area contributed by atoms with Gasteiger partial charge in [0.15, 0.2) is 5.13 Å². The molecule has 7 heteroatoms. The molecule has 1 fully saturated rings. The summed E-state index contributed by atoms with van der Waals surface area (Å²) in [7, 11) is 3.74. The predicted molar refractivity (Wildman–Crippen MR) is 85.7 cm³/mol. The number of nitrogens with one attached hydrogen (secondary N) is 1. The fourth-order valence-electron chi connectivity index (χ4n) is 2.77. The van der Waals surface area contributed by atoms with Crippen molar-refractivity contribution in [1.82, 2.24) is 10.3 Å². The Hall–Kier alpha value is -1.34. The molecule has 0 radical (unpaired) electrons. The number of thiazole rings is 1. The highest BCUT2D eigenvalue weighted by Gasteiger charge is 2.25. The third-order valence-electron chi connectivity index (χ3n) is 4.06. The minimum Gasteiger partial charge on any atom is -0.396 e. The van der Waals surface area contributed by atoms with E-state index < -0.39 is 0 Å². The van der Waals surface area contributed by atoms with Crippen molar-refractivity contribution in [3.8, 4) is 0 Å². The quantitative estimate of drug-likeness (QED) is 0.763. The summed E-state index contributed by atoms with van der Waals surface area (Å²) in [5.41, 5.74) is 5.81. The molecule has 21 heavy (non-hydrogen) atoms. The van der Waals surface area contributed by atoms with E-state index >= 15 is 0 Å². The van der Waals surface area contributed by atoms with E-state index in [0.717, 1.165) is 18.0 Å². The van der Waals surface area contributed by atoms with Crippen LogP contribution in [0.15, 0.2) is 0 Å². The molecule has 6 nitrogen and oxygen atoms in total. The Morgan fingerprint density at radius 3 is 2.67 bits per heavy atom. The lowest BCUT2D eigenvalue weighted by Crippen LogP contribution is -2.35. The number of carbonyl (C=O) groups excluding carboxylic acids is 1. The van der Waals surface area contributed by atoms with Gasteiger partial charge < -0.3 is 21.1 Å². The van der Waals surface area contributed by atoms with Gasteiger partial charge in [-0.1, -0.05) is 24.2 Å². The van der Waals surface area contributed by atoms with Gasteiger partial charge in [-0.3, -0.25) is 4.79 Å². The largest absolute Gasteiger partial charge is 0.396 e. The van der Waals surface area contributed by atoms with Crippen LogP contribution >= 0.6 is 11.3 Å². The van der Waals surface area contributed by atoms with E-state index in [2.05, 4.69) is 10.3 Å². The van der Waals surface area contributed by atoms with Gasteiger partial charge in [0.1, 0.15) is 10.7 Å². The molecule has 1 aliphatic carbocycles. The standard InChI is InChI=1S/C14H24N4O2S/c1-18(2)14-17-12(15)11(21-14)13(20)16-7-9-5-3-4-6-10(9)8-19/h9-10,19H,3-8,15H2,1-2H3,(H,16,20). The lowest BCUT2D eigenvalue weighted by molar-refractivity contribution is 0.0914. The number of nitrogen functional groups attached to an aromatic ring is 1. The number of nitrogens with two attached hydrogens (primary N) is 1. The number of carbonyl (C=O) groups is 1. The number of aliphatic hydroxyl groups is 1. The highest BCUT2D eigenvalue weighted by atomic mass is 32.1. The van der Waals surface area contributed by atoms with Gasteiger partial charge in [-0.2, -0.15) is 0 Å². The molecule has 1 aromatic rings. The minimum absolute atomic E-state index is 0.166. The fraction of sp³-hybridized carbons (Fsp3) is 0.714. The molecule has 1 aliphatic rings. The Kier molecular flexibility index (Phi) is 5.41. The van der Waals surface area contributed by atoms with E-state index in [1.165, 1.54) is 24.2 Å². The molecule has 2 atom stereocenters. The number of amides is 1. The Labute approximate surface area is 129 Å². The summed E-state index contributed by atoms with van der Waals surface area (Å²) in [6.07, 6.45) is 4.45. The van der Waals surface area contributed by atoms with Gasteiger partial charge in [0.25, 0.3) is 5.91 Å². The van der Waals surface area contributed by atoms with E-state index in [-0.39, 0.29) is 18.3 Å². The second-order valence-corrected chi connectivity index (χ2v) is 6.78. The topological polar surface area (TPSA) is 91.5 Å². The van der Waals surface area contributed by atoms with E-state index in [4.69, 9.17) is 5.73 Å². The van der Waals surface area contributed by atoms with Gasteiger partial charge in [-0.25, -0.2) is 4.98 Å². The Morgan fingerprint density at radius 1 is 1.43 bits per heavy atom. The molecule has 118 valence electrons. The van der Waals surface area contributed by atoms with E-state index in [1.54, 1.807) is 0 Å². The highest BCUT2D eigenvalue weighted by Crippen LogP contribution is 2.30. The molecule has 1 amide bonds. The summed E-state index contributed by atoms with van der Waals surface area (Å²) in [5, 5.41) is 13.1. The second kappa shape index (κ2) is 7.09. The Balaban J connectivity index is 1.95. The van der Waals surface area contributed by atoms with Crippen molar-refractivity contribution >= 4 is 28.2 Å². The van der Waals surface area contributed by atoms with Crippen molar-refractivity contribution in [2.45, 2.75) is 25.7 Å². The molecule has 4 N–H and O–H groups in total. The first-order chi connectivity index (χ1) is 10.0. The molecule has 0 aliphatic heterocycles. The van der Waals surface area contributed by atoms with Crippen LogP contribution in [-0.2, 0) is 0 Å². The fourth-order valence-corrected chi connectivity index (χ4v) is 3.60. The predicted octanol–water partition coefficient (Wildman–Crippen LogP) is 1.32. The molecular weight excluding hydrogens is 288 g/mol. The average Bonchev–Trinajstić information content (AvgIpc) is 2.87. The van der Waals surface area contributed by atoms with Crippen molar-refractivity contribution in [2.24, 2.45) is 11.8 Å². The lowest BCUT2D eigenvalue weighted by atomic mass is 9.79. The number of aliphatic hydroxyl groups excluding tert-OH is 1. The van der Waals surface area contributed by atoms with Gasteiger partial charge in [-0.05, 0) is 24.7 Å². The first-order valence-electron chi connectivity index (χ1n) is 7.35. The maximum Gasteiger partial charge on any atom is 0.265 e. The number of hydrogen-bond donors (Lipinski definition) is 3.